The molecule has 30 heavy (non-hydrogen) atoms. The number of nitrogens with zero attached hydrogens (tertiary/aromatic N) is 2. The van der Waals surface area contributed by atoms with Crippen LogP contribution in [0.25, 0.3) is 10.9 Å². The van der Waals surface area contributed by atoms with Crippen molar-refractivity contribution in [2.24, 2.45) is 5.92 Å². The number of aromatic nitrogens is 3. The third-order valence-corrected chi connectivity index (χ3v) is 5.70. The van der Waals surface area contributed by atoms with E-state index < -0.39 is 29.0 Å². The fraction of sp³-hybridized carbons (Fsp3) is 0.364. The highest BCUT2D eigenvalue weighted by Gasteiger charge is 2.29. The summed E-state index contributed by atoms with van der Waals surface area (Å²) in [7, 11) is 0. The molecule has 156 valence electrons. The fourth-order valence-corrected chi connectivity index (χ4v) is 4.20. The zero-order valence-electron chi connectivity index (χ0n) is 16.4. The van der Waals surface area contributed by atoms with E-state index in [4.69, 9.17) is 0 Å². The van der Waals surface area contributed by atoms with Gasteiger partial charge < -0.3 is 10.3 Å². The third kappa shape index (κ3) is 4.17. The topological polar surface area (TPSA) is 96.8 Å². The molecule has 1 aliphatic rings. The van der Waals surface area contributed by atoms with Gasteiger partial charge in [0, 0.05) is 6.20 Å². The smallest absolute Gasteiger partial charge is 0.309 e. The molecular formula is C22H23FN4O3. The van der Waals surface area contributed by atoms with Gasteiger partial charge in [-0.15, -0.1) is 0 Å². The molecule has 0 aliphatic heterocycles. The Balaban J connectivity index is 1.77. The van der Waals surface area contributed by atoms with Gasteiger partial charge >= 0.3 is 5.69 Å². The van der Waals surface area contributed by atoms with Gasteiger partial charge in [0.15, 0.2) is 0 Å². The molecule has 1 amide bonds. The lowest BCUT2D eigenvalue weighted by Gasteiger charge is -2.26. The molecule has 1 atom stereocenters. The highest BCUT2D eigenvalue weighted by atomic mass is 19.1. The summed E-state index contributed by atoms with van der Waals surface area (Å²) in [4.78, 5) is 45.8. The quantitative estimate of drug-likeness (QED) is 0.674. The normalized spacial score (nSPS) is 15.8. The van der Waals surface area contributed by atoms with Crippen LogP contribution in [0, 0.1) is 11.7 Å². The number of benzene rings is 1. The van der Waals surface area contributed by atoms with Crippen LogP contribution in [0.2, 0.25) is 0 Å². The van der Waals surface area contributed by atoms with Gasteiger partial charge in [-0.25, -0.2) is 18.7 Å². The summed E-state index contributed by atoms with van der Waals surface area (Å²) in [6, 6.07) is 7.69. The van der Waals surface area contributed by atoms with Gasteiger partial charge in [-0.2, -0.15) is 0 Å². The molecule has 0 spiro atoms. The van der Waals surface area contributed by atoms with Gasteiger partial charge in [-0.1, -0.05) is 38.2 Å². The van der Waals surface area contributed by atoms with Gasteiger partial charge in [0.2, 0.25) is 5.91 Å². The molecule has 1 saturated carbocycles. The summed E-state index contributed by atoms with van der Waals surface area (Å²) in [5.41, 5.74) is -1.12. The molecule has 1 aromatic carbocycles. The van der Waals surface area contributed by atoms with Crippen LogP contribution in [0.15, 0.2) is 52.2 Å². The molecule has 8 heteroatoms. The number of H-pyrrole nitrogens is 1. The minimum absolute atomic E-state index is 0.0360. The number of amides is 1. The van der Waals surface area contributed by atoms with Crippen LogP contribution in [-0.4, -0.2) is 20.4 Å². The van der Waals surface area contributed by atoms with Crippen molar-refractivity contribution in [2.75, 3.05) is 5.32 Å². The van der Waals surface area contributed by atoms with Crippen LogP contribution < -0.4 is 16.6 Å². The van der Waals surface area contributed by atoms with E-state index >= 15 is 0 Å². The molecule has 1 fully saturated rings. The Morgan fingerprint density at radius 3 is 2.73 bits per heavy atom. The molecule has 0 saturated heterocycles. The molecular weight excluding hydrogens is 387 g/mol. The van der Waals surface area contributed by atoms with E-state index in [9.17, 15) is 18.8 Å². The molecule has 7 nitrogen and oxygen atoms in total. The second kappa shape index (κ2) is 8.61. The van der Waals surface area contributed by atoms with Crippen LogP contribution in [0.3, 0.4) is 0 Å². The molecule has 2 N–H and O–H groups in total. The lowest BCUT2D eigenvalue weighted by atomic mass is 9.84. The zero-order valence-corrected chi connectivity index (χ0v) is 16.4. The second-order valence-electron chi connectivity index (χ2n) is 7.75. The maximum absolute atomic E-state index is 13.7. The summed E-state index contributed by atoms with van der Waals surface area (Å²) >= 11 is 0. The van der Waals surface area contributed by atoms with Crippen LogP contribution in [0.1, 0.15) is 44.6 Å². The van der Waals surface area contributed by atoms with Crippen molar-refractivity contribution in [3.05, 3.63) is 69.3 Å². The van der Waals surface area contributed by atoms with E-state index in [0.717, 1.165) is 42.7 Å². The monoisotopic (exact) mass is 410 g/mol. The van der Waals surface area contributed by atoms with E-state index in [1.165, 1.54) is 12.1 Å². The van der Waals surface area contributed by atoms with Crippen molar-refractivity contribution in [3.8, 4) is 0 Å². The number of carbonyl (C=O) groups excluding carboxylic acids is 1. The SMILES string of the molecule is O=C(Nc1ccccn1)C(CC1CCCCC1)n1c(=O)[nH]c2ccc(F)cc2c1=O. The highest BCUT2D eigenvalue weighted by molar-refractivity contribution is 5.93. The summed E-state index contributed by atoms with van der Waals surface area (Å²) < 4.78 is 14.7. The second-order valence-corrected chi connectivity index (χ2v) is 7.75. The van der Waals surface area contributed by atoms with E-state index in [1.54, 1.807) is 24.4 Å². The first-order valence-electron chi connectivity index (χ1n) is 10.2. The van der Waals surface area contributed by atoms with Crippen LogP contribution >= 0.6 is 0 Å². The number of hydrogen-bond donors (Lipinski definition) is 2. The number of anilines is 1. The number of nitrogens with one attached hydrogen (secondary N) is 2. The van der Waals surface area contributed by atoms with Crippen molar-refractivity contribution in [3.63, 3.8) is 0 Å². The minimum Gasteiger partial charge on any atom is -0.309 e. The molecule has 1 aliphatic carbocycles. The molecule has 0 bridgehead atoms. The largest absolute Gasteiger partial charge is 0.329 e. The van der Waals surface area contributed by atoms with Gasteiger partial charge in [0.1, 0.15) is 17.7 Å². The first-order chi connectivity index (χ1) is 14.5. The molecule has 0 radical (unpaired) electrons. The number of fused-ring (bicyclic) bond motifs is 1. The average molecular weight is 410 g/mol. The van der Waals surface area contributed by atoms with Crippen molar-refractivity contribution in [2.45, 2.75) is 44.6 Å². The van der Waals surface area contributed by atoms with Gasteiger partial charge in [-0.3, -0.25) is 9.59 Å². The molecule has 3 aromatic rings. The first-order valence-corrected chi connectivity index (χ1v) is 10.2. The summed E-state index contributed by atoms with van der Waals surface area (Å²) in [5, 5.41) is 2.74. The number of rotatable bonds is 5. The minimum atomic E-state index is -1.01. The van der Waals surface area contributed by atoms with E-state index in [0.29, 0.717) is 12.2 Å². The van der Waals surface area contributed by atoms with E-state index in [2.05, 4.69) is 15.3 Å². The Morgan fingerprint density at radius 2 is 2.00 bits per heavy atom. The van der Waals surface area contributed by atoms with Crippen molar-refractivity contribution >= 4 is 22.6 Å². The van der Waals surface area contributed by atoms with Crippen molar-refractivity contribution in [1.82, 2.24) is 14.5 Å². The van der Waals surface area contributed by atoms with Crippen molar-refractivity contribution < 1.29 is 9.18 Å². The molecule has 2 heterocycles. The number of aromatic amines is 1. The first kappa shape index (κ1) is 20.0. The standard InChI is InChI=1S/C22H23FN4O3/c23-15-9-10-17-16(13-15)21(29)27(22(30)25-17)18(12-14-6-2-1-3-7-14)20(28)26-19-8-4-5-11-24-19/h4-5,8-11,13-14,18H,1-3,6-7,12H2,(H,25,30)(H,24,26,28). The number of pyridine rings is 1. The van der Waals surface area contributed by atoms with E-state index in [1.807, 2.05) is 0 Å². The lowest BCUT2D eigenvalue weighted by molar-refractivity contribution is -0.120. The predicted molar refractivity (Wildman–Crippen MR) is 112 cm³/mol. The molecule has 1 unspecified atom stereocenters. The molecule has 2 aromatic heterocycles. The van der Waals surface area contributed by atoms with Gasteiger partial charge in [-0.05, 0) is 42.7 Å². The third-order valence-electron chi connectivity index (χ3n) is 5.70. The van der Waals surface area contributed by atoms with Crippen LogP contribution in [-0.2, 0) is 4.79 Å². The van der Waals surface area contributed by atoms with Crippen LogP contribution in [0.5, 0.6) is 0 Å². The summed E-state index contributed by atoms with van der Waals surface area (Å²) in [6.45, 7) is 0. The predicted octanol–water partition coefficient (Wildman–Crippen LogP) is 3.37. The Kier molecular flexibility index (Phi) is 5.74. The van der Waals surface area contributed by atoms with Crippen LogP contribution in [0.4, 0.5) is 10.2 Å². The maximum atomic E-state index is 13.7. The number of carbonyl (C=O) groups is 1. The Bertz CT molecular complexity index is 1170. The highest BCUT2D eigenvalue weighted by Crippen LogP contribution is 2.30. The summed E-state index contributed by atoms with van der Waals surface area (Å²) in [6.07, 6.45) is 7.08. The van der Waals surface area contributed by atoms with Crippen molar-refractivity contribution in [1.29, 1.82) is 0 Å². The average Bonchev–Trinajstić information content (AvgIpc) is 2.75. The van der Waals surface area contributed by atoms with Gasteiger partial charge in [0.25, 0.3) is 5.56 Å². The maximum Gasteiger partial charge on any atom is 0.329 e. The summed E-state index contributed by atoms with van der Waals surface area (Å²) in [5.74, 6) is -0.497. The Hall–Kier alpha value is -3.29. The zero-order chi connectivity index (χ0) is 21.1. The Labute approximate surface area is 172 Å². The van der Waals surface area contributed by atoms with E-state index in [-0.39, 0.29) is 16.8 Å². The lowest BCUT2D eigenvalue weighted by Crippen LogP contribution is -2.43. The number of hydrogen-bond acceptors (Lipinski definition) is 4. The molecule has 4 rings (SSSR count). The fourth-order valence-electron chi connectivity index (χ4n) is 4.20. The van der Waals surface area contributed by atoms with Gasteiger partial charge in [0.05, 0.1) is 10.9 Å². The number of halogens is 1. The Morgan fingerprint density at radius 1 is 1.20 bits per heavy atom.